The summed E-state index contributed by atoms with van der Waals surface area (Å²) in [5.41, 5.74) is 4.29. The van der Waals surface area contributed by atoms with Gasteiger partial charge >= 0.3 is 0 Å². The molecule has 1 aromatic heterocycles. The topological polar surface area (TPSA) is 48.1 Å². The van der Waals surface area contributed by atoms with E-state index < -0.39 is 17.9 Å². The molecule has 0 spiro atoms. The molecular formula is C7H7F3N2O. The van der Waals surface area contributed by atoms with Crippen molar-refractivity contribution in [1.29, 1.82) is 0 Å². The number of methoxy groups -OCH3 is 1. The highest BCUT2D eigenvalue weighted by atomic mass is 19.3. The highest BCUT2D eigenvalue weighted by Gasteiger charge is 2.17. The highest BCUT2D eigenvalue weighted by molar-refractivity contribution is 5.55. The Hall–Kier alpha value is -1.46. The maximum atomic E-state index is 12.6. The molecule has 0 atom stereocenters. The predicted octanol–water partition coefficient (Wildman–Crippen LogP) is 1.75. The van der Waals surface area contributed by atoms with Crippen molar-refractivity contribution < 1.29 is 17.9 Å². The van der Waals surface area contributed by atoms with E-state index in [2.05, 4.69) is 9.72 Å². The minimum Gasteiger partial charge on any atom is -0.479 e. The fourth-order valence-electron chi connectivity index (χ4n) is 0.855. The van der Waals surface area contributed by atoms with Crippen molar-refractivity contribution in [3.05, 3.63) is 17.6 Å². The molecule has 0 unspecified atom stereocenters. The van der Waals surface area contributed by atoms with Crippen molar-refractivity contribution in [2.75, 3.05) is 12.8 Å². The van der Waals surface area contributed by atoms with Crippen LogP contribution in [0.25, 0.3) is 0 Å². The molecule has 3 nitrogen and oxygen atoms in total. The number of pyridine rings is 1. The fraction of sp³-hybridized carbons (Fsp3) is 0.286. The number of nitrogens with zero attached hydrogens (tertiary/aromatic N) is 1. The minimum atomic E-state index is -2.84. The molecule has 1 rings (SSSR count). The van der Waals surface area contributed by atoms with Gasteiger partial charge in [-0.2, -0.15) is 9.37 Å². The van der Waals surface area contributed by atoms with Crippen LogP contribution in [0.5, 0.6) is 5.88 Å². The lowest BCUT2D eigenvalue weighted by Crippen LogP contribution is -2.02. The Morgan fingerprint density at radius 1 is 1.54 bits per heavy atom. The fourth-order valence-corrected chi connectivity index (χ4v) is 0.855. The predicted molar refractivity (Wildman–Crippen MR) is 40.1 cm³/mol. The van der Waals surface area contributed by atoms with Crippen LogP contribution in [0.3, 0.4) is 0 Å². The summed E-state index contributed by atoms with van der Waals surface area (Å²) in [6.45, 7) is 0. The van der Waals surface area contributed by atoms with Gasteiger partial charge in [0, 0.05) is 6.07 Å². The molecule has 0 saturated heterocycles. The molecule has 6 heteroatoms. The Labute approximate surface area is 72.3 Å². The molecule has 0 saturated carbocycles. The summed E-state index contributed by atoms with van der Waals surface area (Å²) in [5, 5.41) is 0. The van der Waals surface area contributed by atoms with Gasteiger partial charge in [-0.25, -0.2) is 8.78 Å². The van der Waals surface area contributed by atoms with E-state index >= 15 is 0 Å². The van der Waals surface area contributed by atoms with Crippen molar-refractivity contribution in [2.45, 2.75) is 6.43 Å². The molecule has 13 heavy (non-hydrogen) atoms. The summed E-state index contributed by atoms with van der Waals surface area (Å²) in [6, 6.07) is 0.586. The molecule has 0 aliphatic carbocycles. The molecule has 0 fully saturated rings. The molecule has 0 radical (unpaired) electrons. The van der Waals surface area contributed by atoms with E-state index in [1.54, 1.807) is 0 Å². The molecule has 0 aliphatic rings. The van der Waals surface area contributed by atoms with Gasteiger partial charge in [0.05, 0.1) is 12.7 Å². The Balaban J connectivity index is 3.27. The zero-order chi connectivity index (χ0) is 10.0. The van der Waals surface area contributed by atoms with E-state index in [0.29, 0.717) is 6.07 Å². The molecule has 2 N–H and O–H groups in total. The quantitative estimate of drug-likeness (QED) is 0.726. The van der Waals surface area contributed by atoms with Crippen LogP contribution in [-0.4, -0.2) is 12.1 Å². The van der Waals surface area contributed by atoms with Gasteiger partial charge in [0.25, 0.3) is 6.43 Å². The van der Waals surface area contributed by atoms with Crippen LogP contribution in [0.1, 0.15) is 12.0 Å². The van der Waals surface area contributed by atoms with Crippen LogP contribution in [-0.2, 0) is 0 Å². The largest absolute Gasteiger partial charge is 0.479 e. The first-order chi connectivity index (χ1) is 6.06. The van der Waals surface area contributed by atoms with Gasteiger partial charge in [-0.05, 0) is 0 Å². The van der Waals surface area contributed by atoms with Crippen molar-refractivity contribution in [3.63, 3.8) is 0 Å². The number of hydrogen-bond donors (Lipinski definition) is 1. The summed E-state index contributed by atoms with van der Waals surface area (Å²) in [4.78, 5) is 3.19. The van der Waals surface area contributed by atoms with Gasteiger partial charge in [-0.15, -0.1) is 0 Å². The van der Waals surface area contributed by atoms with Gasteiger partial charge in [0.1, 0.15) is 5.69 Å². The number of nitrogens with two attached hydrogens (primary N) is 1. The molecule has 0 aliphatic heterocycles. The normalized spacial score (nSPS) is 10.5. The van der Waals surface area contributed by atoms with E-state index in [-0.39, 0.29) is 11.6 Å². The Kier molecular flexibility index (Phi) is 2.60. The van der Waals surface area contributed by atoms with E-state index in [9.17, 15) is 13.2 Å². The molecule has 0 bridgehead atoms. The summed E-state index contributed by atoms with van der Waals surface area (Å²) in [5.74, 6) is -1.36. The molecule has 1 aromatic rings. The van der Waals surface area contributed by atoms with E-state index in [1.165, 1.54) is 7.11 Å². The smallest absolute Gasteiger partial charge is 0.266 e. The van der Waals surface area contributed by atoms with Crippen LogP contribution in [0, 0.1) is 5.95 Å². The van der Waals surface area contributed by atoms with Crippen molar-refractivity contribution in [1.82, 2.24) is 4.98 Å². The summed E-state index contributed by atoms with van der Waals surface area (Å²) in [7, 11) is 1.17. The second-order valence-electron chi connectivity index (χ2n) is 2.26. The number of ether oxygens (including phenoxy) is 1. The Morgan fingerprint density at radius 3 is 2.62 bits per heavy atom. The van der Waals surface area contributed by atoms with Crippen LogP contribution >= 0.6 is 0 Å². The third-order valence-corrected chi connectivity index (χ3v) is 1.45. The molecule has 72 valence electrons. The molecule has 0 amide bonds. The number of halogens is 3. The van der Waals surface area contributed by atoms with Crippen LogP contribution in [0.4, 0.5) is 18.9 Å². The zero-order valence-electron chi connectivity index (χ0n) is 6.72. The molecule has 1 heterocycles. The zero-order valence-corrected chi connectivity index (χ0v) is 6.72. The Morgan fingerprint density at radius 2 is 2.15 bits per heavy atom. The number of hydrogen-bond acceptors (Lipinski definition) is 3. The van der Waals surface area contributed by atoms with E-state index in [0.717, 1.165) is 0 Å². The van der Waals surface area contributed by atoms with Gasteiger partial charge in [-0.3, -0.25) is 0 Å². The molecule has 0 aromatic carbocycles. The third kappa shape index (κ3) is 1.82. The van der Waals surface area contributed by atoms with Gasteiger partial charge < -0.3 is 10.5 Å². The second kappa shape index (κ2) is 3.51. The summed E-state index contributed by atoms with van der Waals surface area (Å²) < 4.78 is 41.5. The SMILES string of the molecule is COc1nc(F)cc(C(F)F)c1N. The van der Waals surface area contributed by atoms with Crippen molar-refractivity contribution in [2.24, 2.45) is 0 Å². The first-order valence-corrected chi connectivity index (χ1v) is 3.34. The van der Waals surface area contributed by atoms with E-state index in [1.807, 2.05) is 0 Å². The van der Waals surface area contributed by atoms with Crippen LogP contribution in [0.15, 0.2) is 6.07 Å². The van der Waals surface area contributed by atoms with Crippen LogP contribution in [0.2, 0.25) is 0 Å². The average molecular weight is 192 g/mol. The third-order valence-electron chi connectivity index (χ3n) is 1.45. The number of alkyl halides is 2. The molecular weight excluding hydrogens is 185 g/mol. The lowest BCUT2D eigenvalue weighted by Gasteiger charge is -2.07. The first-order valence-electron chi connectivity index (χ1n) is 3.34. The number of nitrogen functional groups attached to an aromatic ring is 1. The average Bonchev–Trinajstić information content (AvgIpc) is 2.08. The maximum absolute atomic E-state index is 12.6. The lowest BCUT2D eigenvalue weighted by molar-refractivity contribution is 0.151. The van der Waals surface area contributed by atoms with Crippen LogP contribution < -0.4 is 10.5 Å². The highest BCUT2D eigenvalue weighted by Crippen LogP contribution is 2.30. The monoisotopic (exact) mass is 192 g/mol. The van der Waals surface area contributed by atoms with Gasteiger partial charge in [0.2, 0.25) is 11.8 Å². The van der Waals surface area contributed by atoms with E-state index in [4.69, 9.17) is 5.73 Å². The Bertz CT molecular complexity index is 317. The van der Waals surface area contributed by atoms with Crippen molar-refractivity contribution in [3.8, 4) is 5.88 Å². The summed E-state index contributed by atoms with van der Waals surface area (Å²) in [6.07, 6.45) is -2.84. The van der Waals surface area contributed by atoms with Gasteiger partial charge in [0.15, 0.2) is 0 Å². The standard InChI is InChI=1S/C7H7F3N2O/c1-13-7-5(11)3(6(9)10)2-4(8)12-7/h2,6H,11H2,1H3. The van der Waals surface area contributed by atoms with Gasteiger partial charge in [-0.1, -0.05) is 0 Å². The first kappa shape index (κ1) is 9.63. The summed E-state index contributed by atoms with van der Waals surface area (Å²) >= 11 is 0. The number of aromatic nitrogens is 1. The van der Waals surface area contributed by atoms with Crippen molar-refractivity contribution >= 4 is 5.69 Å². The lowest BCUT2D eigenvalue weighted by atomic mass is 10.2. The minimum absolute atomic E-state index is 0.324. The number of anilines is 1. The maximum Gasteiger partial charge on any atom is 0.266 e. The second-order valence-corrected chi connectivity index (χ2v) is 2.26. The number of rotatable bonds is 2.